The van der Waals surface area contributed by atoms with E-state index in [9.17, 15) is 26.3 Å². The molecular weight excluding hydrogens is 253 g/mol. The van der Waals surface area contributed by atoms with Gasteiger partial charge in [0.15, 0.2) is 0 Å². The van der Waals surface area contributed by atoms with E-state index in [1.807, 2.05) is 0 Å². The molecule has 0 atom stereocenters. The molecule has 0 unspecified atom stereocenters. The third-order valence-corrected chi connectivity index (χ3v) is 1.54. The van der Waals surface area contributed by atoms with E-state index in [0.717, 1.165) is 0 Å². The molecule has 0 amide bonds. The minimum absolute atomic E-state index is 0.406. The van der Waals surface area contributed by atoms with Crippen LogP contribution in [0, 0.1) is 0 Å². The Kier molecular flexibility index (Phi) is 5.50. The van der Waals surface area contributed by atoms with Crippen molar-refractivity contribution in [3.63, 3.8) is 0 Å². The molecule has 0 saturated heterocycles. The Morgan fingerprint density at radius 3 is 1.00 bits per heavy atom. The Morgan fingerprint density at radius 1 is 0.706 bits per heavy atom. The zero-order valence-corrected chi connectivity index (χ0v) is 8.18. The molecule has 2 N–H and O–H groups in total. The topological polar surface area (TPSA) is 40.5 Å². The predicted molar refractivity (Wildman–Crippen MR) is 48.0 cm³/mol. The molecule has 1 aromatic carbocycles. The second-order valence-electron chi connectivity index (χ2n) is 2.71. The lowest BCUT2D eigenvalue weighted by Gasteiger charge is -2.09. The molecule has 1 aromatic rings. The van der Waals surface area contributed by atoms with Crippen LogP contribution >= 0.6 is 0 Å². The Balaban J connectivity index is 0.000000770. The smallest absolute Gasteiger partial charge is 0.430 e. The number of hydrogen-bond donors (Lipinski definition) is 2. The Bertz CT molecular complexity index is 298. The van der Waals surface area contributed by atoms with Gasteiger partial charge in [0.25, 0.3) is 0 Å². The third kappa shape index (κ3) is 5.59. The van der Waals surface area contributed by atoms with Crippen molar-refractivity contribution >= 4 is 7.69 Å². The number of alkyl halides is 6. The molecule has 0 radical (unpaired) electrons. The second kappa shape index (κ2) is 5.92. The van der Waals surface area contributed by atoms with Crippen LogP contribution in [0.2, 0.25) is 0 Å². The average molecular weight is 260 g/mol. The van der Waals surface area contributed by atoms with Crippen LogP contribution in [-0.2, 0) is 12.4 Å². The monoisotopic (exact) mass is 260 g/mol. The maximum Gasteiger partial charge on any atom is 0.432 e. The molecule has 0 aliphatic heterocycles. The molecule has 0 aliphatic carbocycles. The van der Waals surface area contributed by atoms with Crippen LogP contribution in [0.5, 0.6) is 0 Å². The molecule has 0 spiro atoms. The summed E-state index contributed by atoms with van der Waals surface area (Å²) < 4.78 is 71.6. The first-order chi connectivity index (χ1) is 7.62. The molecular formula is C8H7BF6O2. The Morgan fingerprint density at radius 2 is 0.882 bits per heavy atom. The van der Waals surface area contributed by atoms with E-state index >= 15 is 0 Å². The van der Waals surface area contributed by atoms with E-state index in [4.69, 9.17) is 10.0 Å². The van der Waals surface area contributed by atoms with Crippen molar-refractivity contribution in [2.45, 2.75) is 12.4 Å². The highest BCUT2D eigenvalue weighted by molar-refractivity contribution is 6.13. The van der Waals surface area contributed by atoms with Crippen LogP contribution in [0.15, 0.2) is 24.3 Å². The molecule has 2 nitrogen and oxygen atoms in total. The standard InChI is InChI=1S/C8H4F6.BH3O2/c9-7(10,11)5-1-2-6(4-3-5)8(12,13)14;2-1-3/h1-4H;1-3H. The highest BCUT2D eigenvalue weighted by Crippen LogP contribution is 2.33. The van der Waals surface area contributed by atoms with Crippen molar-refractivity contribution < 1.29 is 36.4 Å². The van der Waals surface area contributed by atoms with Crippen molar-refractivity contribution in [2.24, 2.45) is 0 Å². The van der Waals surface area contributed by atoms with Gasteiger partial charge in [-0.15, -0.1) is 0 Å². The number of rotatable bonds is 0. The van der Waals surface area contributed by atoms with E-state index in [2.05, 4.69) is 0 Å². The van der Waals surface area contributed by atoms with Crippen molar-refractivity contribution in [1.82, 2.24) is 0 Å². The van der Waals surface area contributed by atoms with Crippen LogP contribution in [0.4, 0.5) is 26.3 Å². The largest absolute Gasteiger partial charge is 0.432 e. The molecule has 9 heteroatoms. The first kappa shape index (κ1) is 15.8. The van der Waals surface area contributed by atoms with Crippen LogP contribution in [-0.4, -0.2) is 17.7 Å². The minimum atomic E-state index is -4.61. The summed E-state index contributed by atoms with van der Waals surface area (Å²) in [4.78, 5) is 0. The van der Waals surface area contributed by atoms with E-state index in [1.54, 1.807) is 0 Å². The van der Waals surface area contributed by atoms with Crippen molar-refractivity contribution in [2.75, 3.05) is 0 Å². The second-order valence-corrected chi connectivity index (χ2v) is 2.71. The Hall–Kier alpha value is -1.22. The molecule has 96 valence electrons. The first-order valence-corrected chi connectivity index (χ1v) is 4.09. The van der Waals surface area contributed by atoms with Crippen molar-refractivity contribution in [3.05, 3.63) is 35.4 Å². The maximum atomic E-state index is 11.9. The van der Waals surface area contributed by atoms with Gasteiger partial charge in [-0.05, 0) is 24.3 Å². The molecule has 0 aromatic heterocycles. The summed E-state index contributed by atoms with van der Waals surface area (Å²) in [5.74, 6) is 0. The highest BCUT2D eigenvalue weighted by Gasteiger charge is 2.33. The van der Waals surface area contributed by atoms with Crippen LogP contribution in [0.3, 0.4) is 0 Å². The minimum Gasteiger partial charge on any atom is -0.430 e. The van der Waals surface area contributed by atoms with Gasteiger partial charge >= 0.3 is 20.0 Å². The van der Waals surface area contributed by atoms with E-state index < -0.39 is 31.2 Å². The zero-order chi connectivity index (χ0) is 13.7. The van der Waals surface area contributed by atoms with Crippen LogP contribution < -0.4 is 0 Å². The molecule has 0 saturated carbocycles. The van der Waals surface area contributed by atoms with Gasteiger partial charge in [0.2, 0.25) is 0 Å². The number of benzene rings is 1. The fourth-order valence-corrected chi connectivity index (χ4v) is 0.848. The SMILES string of the molecule is FC(F)(F)c1ccc(C(F)(F)F)cc1.OBO. The quantitative estimate of drug-likeness (QED) is 0.553. The van der Waals surface area contributed by atoms with Gasteiger partial charge in [-0.1, -0.05) is 0 Å². The van der Waals surface area contributed by atoms with Gasteiger partial charge in [0.1, 0.15) is 0 Å². The van der Waals surface area contributed by atoms with Crippen LogP contribution in [0.1, 0.15) is 11.1 Å². The summed E-state index contributed by atoms with van der Waals surface area (Å²) in [6, 6.07) is 1.62. The van der Waals surface area contributed by atoms with Gasteiger partial charge in [0, 0.05) is 0 Å². The average Bonchev–Trinajstić information content (AvgIpc) is 2.16. The van der Waals surface area contributed by atoms with Gasteiger partial charge < -0.3 is 10.0 Å². The van der Waals surface area contributed by atoms with E-state index in [-0.39, 0.29) is 0 Å². The molecule has 0 fully saturated rings. The normalized spacial score (nSPS) is 11.5. The summed E-state index contributed by atoms with van der Waals surface area (Å²) in [5.41, 5.74) is -2.18. The summed E-state index contributed by atoms with van der Waals surface area (Å²) in [6.45, 7) is 0. The van der Waals surface area contributed by atoms with E-state index in [1.165, 1.54) is 0 Å². The Labute approximate surface area is 92.8 Å². The highest BCUT2D eigenvalue weighted by atomic mass is 19.4. The van der Waals surface area contributed by atoms with Gasteiger partial charge in [0.05, 0.1) is 11.1 Å². The lowest BCUT2D eigenvalue weighted by Crippen LogP contribution is -2.08. The number of hydrogen-bond acceptors (Lipinski definition) is 2. The fraction of sp³-hybridized carbons (Fsp3) is 0.250. The maximum absolute atomic E-state index is 11.9. The van der Waals surface area contributed by atoms with Crippen molar-refractivity contribution in [1.29, 1.82) is 0 Å². The van der Waals surface area contributed by atoms with Crippen molar-refractivity contribution in [3.8, 4) is 0 Å². The first-order valence-electron chi connectivity index (χ1n) is 4.09. The molecule has 0 aliphatic rings. The third-order valence-electron chi connectivity index (χ3n) is 1.54. The molecule has 1 rings (SSSR count). The summed E-state index contributed by atoms with van der Waals surface area (Å²) in [5, 5.41) is 14.2. The molecule has 17 heavy (non-hydrogen) atoms. The summed E-state index contributed by atoms with van der Waals surface area (Å²) >= 11 is 0. The van der Waals surface area contributed by atoms with Gasteiger partial charge in [-0.3, -0.25) is 0 Å². The number of halogens is 6. The summed E-state index contributed by atoms with van der Waals surface area (Å²) in [6.07, 6.45) is -9.21. The fourth-order valence-electron chi connectivity index (χ4n) is 0.848. The van der Waals surface area contributed by atoms with E-state index in [0.29, 0.717) is 24.3 Å². The zero-order valence-electron chi connectivity index (χ0n) is 8.18. The van der Waals surface area contributed by atoms with Gasteiger partial charge in [-0.2, -0.15) is 26.3 Å². The predicted octanol–water partition coefficient (Wildman–Crippen LogP) is 1.96. The molecule has 0 heterocycles. The molecule has 0 bridgehead atoms. The van der Waals surface area contributed by atoms with Crippen LogP contribution in [0.25, 0.3) is 0 Å². The lowest BCUT2D eigenvalue weighted by molar-refractivity contribution is -0.141. The lowest BCUT2D eigenvalue weighted by atomic mass is 10.1. The van der Waals surface area contributed by atoms with Gasteiger partial charge in [-0.25, -0.2) is 0 Å². The summed E-state index contributed by atoms with van der Waals surface area (Å²) in [7, 11) is -0.750.